The molecule has 0 aromatic heterocycles. The number of halogens is 1. The number of aryl methyl sites for hydroxylation is 1. The van der Waals surface area contributed by atoms with Crippen LogP contribution >= 0.6 is 15.9 Å². The van der Waals surface area contributed by atoms with Gasteiger partial charge in [0, 0.05) is 16.4 Å². The molecular formula is C19H24BrNO. The Morgan fingerprint density at radius 2 is 2.00 bits per heavy atom. The lowest BCUT2D eigenvalue weighted by atomic mass is 9.48. The highest BCUT2D eigenvalue weighted by molar-refractivity contribution is 9.10. The third kappa shape index (κ3) is 2.73. The topological polar surface area (TPSA) is 29.1 Å². The SMILES string of the molecule is Cc1cccc(NC(=O)CC23C[C@@H]4C[C@@H](CC(Br)(C4)C2)C3)c1. The lowest BCUT2D eigenvalue weighted by molar-refractivity contribution is -0.123. The summed E-state index contributed by atoms with van der Waals surface area (Å²) in [6, 6.07) is 8.09. The van der Waals surface area contributed by atoms with Gasteiger partial charge in [0.1, 0.15) is 0 Å². The molecule has 5 rings (SSSR count). The second kappa shape index (κ2) is 5.09. The van der Waals surface area contributed by atoms with Crippen LogP contribution in [0.25, 0.3) is 0 Å². The van der Waals surface area contributed by atoms with Gasteiger partial charge in [-0.15, -0.1) is 0 Å². The zero-order valence-corrected chi connectivity index (χ0v) is 14.8. The quantitative estimate of drug-likeness (QED) is 0.749. The minimum Gasteiger partial charge on any atom is -0.326 e. The maximum absolute atomic E-state index is 12.6. The molecule has 0 radical (unpaired) electrons. The van der Waals surface area contributed by atoms with E-state index in [4.69, 9.17) is 0 Å². The van der Waals surface area contributed by atoms with Crippen molar-refractivity contribution in [2.75, 3.05) is 5.32 Å². The molecule has 0 heterocycles. The van der Waals surface area contributed by atoms with Gasteiger partial charge in [0.2, 0.25) is 5.91 Å². The van der Waals surface area contributed by atoms with Crippen molar-refractivity contribution in [3.63, 3.8) is 0 Å². The normalized spacial score (nSPS) is 39.0. The van der Waals surface area contributed by atoms with Gasteiger partial charge in [0.15, 0.2) is 0 Å². The summed E-state index contributed by atoms with van der Waals surface area (Å²) in [6.45, 7) is 2.06. The number of anilines is 1. The minimum absolute atomic E-state index is 0.198. The highest BCUT2D eigenvalue weighted by Crippen LogP contribution is 2.65. The Balaban J connectivity index is 1.47. The van der Waals surface area contributed by atoms with E-state index in [1.165, 1.54) is 44.1 Å². The van der Waals surface area contributed by atoms with Gasteiger partial charge in [-0.2, -0.15) is 0 Å². The van der Waals surface area contributed by atoms with Gasteiger partial charge in [-0.1, -0.05) is 28.1 Å². The molecule has 4 aliphatic rings. The zero-order valence-electron chi connectivity index (χ0n) is 13.2. The molecule has 2 nitrogen and oxygen atoms in total. The van der Waals surface area contributed by atoms with Crippen molar-refractivity contribution >= 4 is 27.5 Å². The predicted octanol–water partition coefficient (Wildman–Crippen LogP) is 5.06. The lowest BCUT2D eigenvalue weighted by Gasteiger charge is -2.60. The number of hydrogen-bond donors (Lipinski definition) is 1. The Kier molecular flexibility index (Phi) is 3.41. The van der Waals surface area contributed by atoms with E-state index in [0.29, 0.717) is 10.7 Å². The average molecular weight is 362 g/mol. The van der Waals surface area contributed by atoms with Crippen LogP contribution in [-0.4, -0.2) is 10.2 Å². The van der Waals surface area contributed by atoms with Crippen molar-refractivity contribution in [1.29, 1.82) is 0 Å². The number of hydrogen-bond acceptors (Lipinski definition) is 1. The van der Waals surface area contributed by atoms with E-state index >= 15 is 0 Å². The molecule has 4 bridgehead atoms. The molecule has 4 fully saturated rings. The van der Waals surface area contributed by atoms with Crippen LogP contribution in [0, 0.1) is 24.2 Å². The number of rotatable bonds is 3. The summed E-state index contributed by atoms with van der Waals surface area (Å²) in [5.41, 5.74) is 2.37. The molecule has 1 amide bonds. The highest BCUT2D eigenvalue weighted by Gasteiger charge is 2.57. The van der Waals surface area contributed by atoms with E-state index in [1.54, 1.807) is 0 Å². The maximum atomic E-state index is 12.6. The molecule has 2 unspecified atom stereocenters. The highest BCUT2D eigenvalue weighted by atomic mass is 79.9. The van der Waals surface area contributed by atoms with E-state index in [9.17, 15) is 4.79 Å². The van der Waals surface area contributed by atoms with Crippen molar-refractivity contribution in [1.82, 2.24) is 0 Å². The molecule has 0 spiro atoms. The zero-order chi connectivity index (χ0) is 15.4. The Hall–Kier alpha value is -0.830. The summed E-state index contributed by atoms with van der Waals surface area (Å²) in [5, 5.41) is 3.12. The molecule has 118 valence electrons. The second-order valence-electron chi connectivity index (χ2n) is 8.21. The number of carbonyl (C=O) groups is 1. The fourth-order valence-corrected chi connectivity index (χ4v) is 7.32. The third-order valence-electron chi connectivity index (χ3n) is 5.95. The van der Waals surface area contributed by atoms with E-state index < -0.39 is 0 Å². The Labute approximate surface area is 141 Å². The lowest BCUT2D eigenvalue weighted by Crippen LogP contribution is -2.53. The van der Waals surface area contributed by atoms with Crippen molar-refractivity contribution < 1.29 is 4.79 Å². The summed E-state index contributed by atoms with van der Waals surface area (Å²) in [5.74, 6) is 1.88. The summed E-state index contributed by atoms with van der Waals surface area (Å²) in [4.78, 5) is 12.6. The van der Waals surface area contributed by atoms with Crippen LogP contribution in [0.3, 0.4) is 0 Å². The van der Waals surface area contributed by atoms with Crippen LogP contribution < -0.4 is 5.32 Å². The standard InChI is InChI=1S/C19H24BrNO/c1-13-3-2-4-16(5-13)21-17(22)11-18-7-14-6-15(8-18)10-19(20,9-14)12-18/h2-5,14-15H,6-12H2,1H3,(H,21,22)/t14-,15+,18?,19?. The Bertz CT molecular complexity index is 597. The summed E-state index contributed by atoms with van der Waals surface area (Å²) in [6.07, 6.45) is 8.45. The first-order valence-electron chi connectivity index (χ1n) is 8.49. The molecule has 3 heteroatoms. The van der Waals surface area contributed by atoms with Crippen LogP contribution in [0.1, 0.15) is 50.5 Å². The molecule has 1 N–H and O–H groups in total. The van der Waals surface area contributed by atoms with E-state index in [1.807, 2.05) is 18.2 Å². The van der Waals surface area contributed by atoms with Crippen LogP contribution in [0.5, 0.6) is 0 Å². The average Bonchev–Trinajstić information content (AvgIpc) is 2.34. The monoisotopic (exact) mass is 361 g/mol. The van der Waals surface area contributed by atoms with Gasteiger partial charge < -0.3 is 5.32 Å². The molecular weight excluding hydrogens is 338 g/mol. The van der Waals surface area contributed by atoms with Gasteiger partial charge in [-0.25, -0.2) is 0 Å². The van der Waals surface area contributed by atoms with Crippen LogP contribution in [-0.2, 0) is 4.79 Å². The number of alkyl halides is 1. The van der Waals surface area contributed by atoms with E-state index in [0.717, 1.165) is 17.5 Å². The number of carbonyl (C=O) groups excluding carboxylic acids is 1. The molecule has 4 atom stereocenters. The van der Waals surface area contributed by atoms with E-state index in [-0.39, 0.29) is 11.3 Å². The molecule has 1 aromatic carbocycles. The van der Waals surface area contributed by atoms with Gasteiger partial charge in [-0.05, 0) is 80.4 Å². The van der Waals surface area contributed by atoms with Crippen LogP contribution in [0.15, 0.2) is 24.3 Å². The number of nitrogens with one attached hydrogen (secondary N) is 1. The Morgan fingerprint density at radius 1 is 1.27 bits per heavy atom. The summed E-state index contributed by atoms with van der Waals surface area (Å²) < 4.78 is 0.334. The molecule has 4 saturated carbocycles. The first kappa shape index (κ1) is 14.7. The minimum atomic E-state index is 0.198. The second-order valence-corrected chi connectivity index (χ2v) is 9.89. The van der Waals surface area contributed by atoms with Crippen molar-refractivity contribution in [2.24, 2.45) is 17.3 Å². The van der Waals surface area contributed by atoms with Crippen molar-refractivity contribution in [2.45, 2.75) is 56.2 Å². The van der Waals surface area contributed by atoms with Crippen molar-refractivity contribution in [3.8, 4) is 0 Å². The fourth-order valence-electron chi connectivity index (χ4n) is 5.81. The fraction of sp³-hybridized carbons (Fsp3) is 0.632. The summed E-state index contributed by atoms with van der Waals surface area (Å²) >= 11 is 4.03. The molecule has 4 aliphatic carbocycles. The first-order valence-corrected chi connectivity index (χ1v) is 9.29. The molecule has 1 aromatic rings. The number of amides is 1. The van der Waals surface area contributed by atoms with E-state index in [2.05, 4.69) is 34.2 Å². The van der Waals surface area contributed by atoms with Gasteiger partial charge >= 0.3 is 0 Å². The van der Waals surface area contributed by atoms with Gasteiger partial charge in [0.05, 0.1) is 0 Å². The van der Waals surface area contributed by atoms with Crippen LogP contribution in [0.2, 0.25) is 0 Å². The van der Waals surface area contributed by atoms with Gasteiger partial charge in [-0.3, -0.25) is 4.79 Å². The smallest absolute Gasteiger partial charge is 0.224 e. The molecule has 0 aliphatic heterocycles. The predicted molar refractivity (Wildman–Crippen MR) is 93.2 cm³/mol. The molecule has 0 saturated heterocycles. The third-order valence-corrected chi connectivity index (χ3v) is 6.88. The van der Waals surface area contributed by atoms with Crippen LogP contribution in [0.4, 0.5) is 5.69 Å². The van der Waals surface area contributed by atoms with Gasteiger partial charge in [0.25, 0.3) is 0 Å². The number of benzene rings is 1. The Morgan fingerprint density at radius 3 is 2.64 bits per heavy atom. The largest absolute Gasteiger partial charge is 0.326 e. The first-order chi connectivity index (χ1) is 10.4. The molecule has 22 heavy (non-hydrogen) atoms. The maximum Gasteiger partial charge on any atom is 0.224 e. The summed E-state index contributed by atoms with van der Waals surface area (Å²) in [7, 11) is 0. The van der Waals surface area contributed by atoms with Crippen molar-refractivity contribution in [3.05, 3.63) is 29.8 Å².